The Morgan fingerprint density at radius 2 is 1.92 bits per heavy atom. The predicted molar refractivity (Wildman–Crippen MR) is 144 cm³/mol. The molecule has 3 spiro atoms. The van der Waals surface area contributed by atoms with E-state index in [4.69, 9.17) is 9.16 Å². The highest BCUT2D eigenvalue weighted by atomic mass is 28.4. The van der Waals surface area contributed by atoms with Crippen LogP contribution in [-0.2, 0) is 18.8 Å². The van der Waals surface area contributed by atoms with Crippen molar-refractivity contribution in [2.24, 2.45) is 11.3 Å². The van der Waals surface area contributed by atoms with Crippen LogP contribution in [0.25, 0.3) is 0 Å². The minimum absolute atomic E-state index is 0.0626. The number of epoxide rings is 1. The first kappa shape index (κ1) is 24.5. The molecule has 9 aliphatic rings. The molecule has 1 aromatic rings. The van der Waals surface area contributed by atoms with Crippen LogP contribution in [0.3, 0.4) is 0 Å². The second-order valence-electron chi connectivity index (χ2n) is 13.6. The summed E-state index contributed by atoms with van der Waals surface area (Å²) in [5.74, 6) is -0.952. The van der Waals surface area contributed by atoms with Crippen LogP contribution < -0.4 is 10.6 Å². The zero-order chi connectivity index (χ0) is 26.9. The van der Waals surface area contributed by atoms with Gasteiger partial charge in [0.15, 0.2) is 8.32 Å². The van der Waals surface area contributed by atoms with Crippen molar-refractivity contribution in [1.29, 1.82) is 0 Å². The van der Waals surface area contributed by atoms with E-state index in [2.05, 4.69) is 50.6 Å². The summed E-state index contributed by atoms with van der Waals surface area (Å²) in [7, 11) is -2.31. The van der Waals surface area contributed by atoms with Crippen molar-refractivity contribution in [3.63, 3.8) is 0 Å². The summed E-state index contributed by atoms with van der Waals surface area (Å²) in [5.41, 5.74) is -1.47. The van der Waals surface area contributed by atoms with Crippen molar-refractivity contribution >= 4 is 31.9 Å². The van der Waals surface area contributed by atoms with Crippen LogP contribution in [0.5, 0.6) is 0 Å². The molecule has 10 rings (SSSR count). The van der Waals surface area contributed by atoms with Crippen molar-refractivity contribution in [2.75, 3.05) is 5.32 Å². The Morgan fingerprint density at radius 3 is 2.63 bits per heavy atom. The Balaban J connectivity index is 1.43. The third kappa shape index (κ3) is 2.75. The largest absolute Gasteiger partial charge is 0.412 e. The number of anilines is 1. The van der Waals surface area contributed by atoms with Crippen LogP contribution >= 0.6 is 0 Å². The van der Waals surface area contributed by atoms with Gasteiger partial charge in [-0.25, -0.2) is 4.79 Å². The first-order chi connectivity index (χ1) is 17.9. The van der Waals surface area contributed by atoms with E-state index < -0.39 is 42.9 Å². The van der Waals surface area contributed by atoms with E-state index in [0.717, 1.165) is 18.4 Å². The van der Waals surface area contributed by atoms with Gasteiger partial charge in [-0.15, -0.1) is 0 Å². The summed E-state index contributed by atoms with van der Waals surface area (Å²) in [6.45, 7) is 11.0. The van der Waals surface area contributed by atoms with Gasteiger partial charge in [0.25, 0.3) is 0 Å². The number of rotatable bonds is 3. The molecule has 4 bridgehead atoms. The van der Waals surface area contributed by atoms with E-state index in [9.17, 15) is 9.59 Å². The molecule has 0 unspecified atom stereocenters. The number of para-hydroxylation sites is 1. The molecule has 38 heavy (non-hydrogen) atoms. The SMILES string of the molecule is CC(C)(C)[Si](C)(C)O[C@@H]1CC[C@]23NC(=O)[C@H]([C@@H]4O[C@@H]42)[C@]24CCCC2=C[C@]13C(=O)N4C(=O)Nc1ccccc1. The number of nitrogens with zero attached hydrogens (tertiary/aromatic N) is 1. The maximum atomic E-state index is 15.1. The van der Waals surface area contributed by atoms with Crippen molar-refractivity contribution in [3.8, 4) is 0 Å². The molecule has 2 saturated carbocycles. The maximum absolute atomic E-state index is 15.1. The first-order valence-electron chi connectivity index (χ1n) is 14.0. The number of nitrogens with one attached hydrogen (secondary N) is 2. The van der Waals surface area contributed by atoms with Gasteiger partial charge in [-0.1, -0.05) is 45.0 Å². The lowest BCUT2D eigenvalue weighted by Gasteiger charge is -2.61. The molecular formula is C29H37N3O5Si. The number of urea groups is 1. The zero-order valence-electron chi connectivity index (χ0n) is 22.8. The highest BCUT2D eigenvalue weighted by Crippen LogP contribution is 2.69. The average Bonchev–Trinajstić information content (AvgIpc) is 3.44. The lowest BCUT2D eigenvalue weighted by atomic mass is 9.54. The number of amides is 4. The number of benzene rings is 1. The van der Waals surface area contributed by atoms with Crippen LogP contribution in [0.2, 0.25) is 18.1 Å². The van der Waals surface area contributed by atoms with Crippen LogP contribution in [-0.4, -0.2) is 60.5 Å². The number of carbonyl (C=O) groups is 3. The second-order valence-corrected chi connectivity index (χ2v) is 18.4. The molecule has 202 valence electrons. The first-order valence-corrected chi connectivity index (χ1v) is 16.9. The molecule has 4 amide bonds. The number of ether oxygens (including phenoxy) is 1. The third-order valence-electron chi connectivity index (χ3n) is 10.9. The monoisotopic (exact) mass is 535 g/mol. The molecule has 1 aromatic carbocycles. The second kappa shape index (κ2) is 7.37. The predicted octanol–water partition coefficient (Wildman–Crippen LogP) is 4.35. The van der Waals surface area contributed by atoms with Crippen molar-refractivity contribution in [2.45, 2.75) is 100 Å². The number of hydrogen-bond acceptors (Lipinski definition) is 5. The highest BCUT2D eigenvalue weighted by Gasteiger charge is 2.85. The number of imide groups is 1. The molecule has 0 aromatic heterocycles. The molecule has 7 atom stereocenters. The van der Waals surface area contributed by atoms with Gasteiger partial charge in [0.2, 0.25) is 11.8 Å². The molecule has 0 radical (unpaired) electrons. The summed E-state index contributed by atoms with van der Waals surface area (Å²) < 4.78 is 13.4. The molecular weight excluding hydrogens is 498 g/mol. The van der Waals surface area contributed by atoms with Gasteiger partial charge in [-0.05, 0) is 67.9 Å². The molecule has 2 N–H and O–H groups in total. The van der Waals surface area contributed by atoms with Crippen molar-refractivity contribution in [1.82, 2.24) is 10.2 Å². The van der Waals surface area contributed by atoms with E-state index in [0.29, 0.717) is 24.9 Å². The van der Waals surface area contributed by atoms with E-state index in [1.165, 1.54) is 4.90 Å². The van der Waals surface area contributed by atoms with Gasteiger partial charge in [0.1, 0.15) is 17.6 Å². The number of carbonyl (C=O) groups excluding carboxylic acids is 3. The molecule has 3 aliphatic carbocycles. The third-order valence-corrected chi connectivity index (χ3v) is 15.4. The standard InChI is InChI=1S/C29H37N3O5Si/c1-26(2,3)38(4,5)37-19-13-15-29-22-21(36-22)20(23(33)31-29)28-14-9-10-17(28)16-27(19,29)24(34)32(28)25(35)30-18-11-7-6-8-12-18/h6-8,11-12,16,19-22H,9-10,13-15H2,1-5H3,(H,30,35)(H,31,33)/t19-,20+,21+,22+,27-,28+,29+/m1/s1. The van der Waals surface area contributed by atoms with Gasteiger partial charge >= 0.3 is 6.03 Å². The minimum Gasteiger partial charge on any atom is -0.412 e. The van der Waals surface area contributed by atoms with Crippen molar-refractivity contribution in [3.05, 3.63) is 42.0 Å². The fourth-order valence-electron chi connectivity index (χ4n) is 8.19. The summed E-state index contributed by atoms with van der Waals surface area (Å²) in [5, 5.41) is 6.28. The smallest absolute Gasteiger partial charge is 0.329 e. The average molecular weight is 536 g/mol. The molecule has 6 heterocycles. The Kier molecular flexibility index (Phi) is 4.76. The lowest BCUT2D eigenvalue weighted by molar-refractivity contribution is -0.163. The fourth-order valence-corrected chi connectivity index (χ4v) is 9.56. The molecule has 6 aliphatic heterocycles. The van der Waals surface area contributed by atoms with Gasteiger partial charge in [0.05, 0.1) is 23.1 Å². The summed E-state index contributed by atoms with van der Waals surface area (Å²) in [4.78, 5) is 44.7. The number of hydrogen-bond donors (Lipinski definition) is 2. The quantitative estimate of drug-likeness (QED) is 0.341. The normalized spacial score (nSPS) is 40.6. The fraction of sp³-hybridized carbons (Fsp3) is 0.621. The lowest BCUT2D eigenvalue weighted by Crippen LogP contribution is -2.81. The van der Waals surface area contributed by atoms with Crippen LogP contribution in [0.4, 0.5) is 10.5 Å². The van der Waals surface area contributed by atoms with E-state index in [-0.39, 0.29) is 29.1 Å². The van der Waals surface area contributed by atoms with Crippen molar-refractivity contribution < 1.29 is 23.5 Å². The van der Waals surface area contributed by atoms with Crippen LogP contribution in [0, 0.1) is 11.3 Å². The highest BCUT2D eigenvalue weighted by molar-refractivity contribution is 6.74. The van der Waals surface area contributed by atoms with Gasteiger partial charge in [0, 0.05) is 5.69 Å². The molecule has 4 saturated heterocycles. The summed E-state index contributed by atoms with van der Waals surface area (Å²) in [6.07, 6.45) is 4.52. The topological polar surface area (TPSA) is 100 Å². The number of piperidine rings is 1. The molecule has 6 fully saturated rings. The Labute approximate surface area is 224 Å². The van der Waals surface area contributed by atoms with E-state index in [1.807, 2.05) is 30.3 Å². The van der Waals surface area contributed by atoms with Gasteiger partial charge < -0.3 is 19.8 Å². The van der Waals surface area contributed by atoms with Gasteiger partial charge in [-0.3, -0.25) is 14.5 Å². The summed E-state index contributed by atoms with van der Waals surface area (Å²) >= 11 is 0. The molecule has 9 heteroatoms. The van der Waals surface area contributed by atoms with E-state index in [1.54, 1.807) is 0 Å². The van der Waals surface area contributed by atoms with Crippen LogP contribution in [0.15, 0.2) is 42.0 Å². The van der Waals surface area contributed by atoms with Gasteiger partial charge in [-0.2, -0.15) is 0 Å². The Bertz CT molecular complexity index is 1290. The van der Waals surface area contributed by atoms with E-state index >= 15 is 4.79 Å². The summed E-state index contributed by atoms with van der Waals surface area (Å²) in [6, 6.07) is 8.73. The molecule has 8 nitrogen and oxygen atoms in total. The van der Waals surface area contributed by atoms with Crippen LogP contribution in [0.1, 0.15) is 52.9 Å². The Hall–Kier alpha value is -2.49. The zero-order valence-corrected chi connectivity index (χ0v) is 23.8. The Morgan fingerprint density at radius 1 is 1.18 bits per heavy atom. The minimum atomic E-state index is -2.31. The maximum Gasteiger partial charge on any atom is 0.329 e.